The maximum atomic E-state index is 12.9. The Morgan fingerprint density at radius 2 is 1.68 bits per heavy atom. The zero-order valence-electron chi connectivity index (χ0n) is 10.1. The predicted octanol–water partition coefficient (Wildman–Crippen LogP) is 4.28. The molecular weight excluding hydrogens is 286 g/mol. The maximum Gasteiger partial charge on any atom is 0.124 e. The van der Waals surface area contributed by atoms with Crippen LogP contribution in [0.4, 0.5) is 4.39 Å². The Labute approximate surface area is 121 Å². The lowest BCUT2D eigenvalue weighted by Crippen LogP contribution is -2.14. The molecule has 0 aromatic heterocycles. The van der Waals surface area contributed by atoms with Gasteiger partial charge in [0, 0.05) is 16.5 Å². The molecule has 1 nitrogen and oxygen atoms in total. The molecule has 100 valence electrons. The summed E-state index contributed by atoms with van der Waals surface area (Å²) < 4.78 is 12.9. The van der Waals surface area contributed by atoms with Crippen LogP contribution >= 0.6 is 23.2 Å². The average molecular weight is 299 g/mol. The van der Waals surface area contributed by atoms with Gasteiger partial charge in [0.05, 0.1) is 6.10 Å². The second-order valence-electron chi connectivity index (χ2n) is 4.42. The summed E-state index contributed by atoms with van der Waals surface area (Å²) in [4.78, 5) is 0. The van der Waals surface area contributed by atoms with Gasteiger partial charge in [0.25, 0.3) is 0 Å². The van der Waals surface area contributed by atoms with Crippen molar-refractivity contribution in [1.82, 2.24) is 0 Å². The van der Waals surface area contributed by atoms with Gasteiger partial charge in [-0.2, -0.15) is 0 Å². The van der Waals surface area contributed by atoms with Gasteiger partial charge in [-0.25, -0.2) is 4.39 Å². The van der Waals surface area contributed by atoms with E-state index in [-0.39, 0.29) is 5.82 Å². The second kappa shape index (κ2) is 6.38. The van der Waals surface area contributed by atoms with E-state index in [0.717, 1.165) is 11.1 Å². The van der Waals surface area contributed by atoms with Gasteiger partial charge in [-0.15, -0.1) is 0 Å². The Bertz CT molecular complexity index is 555. The molecule has 2 aromatic carbocycles. The summed E-state index contributed by atoms with van der Waals surface area (Å²) in [6.45, 7) is 0. The molecule has 2 aromatic rings. The molecule has 0 bridgehead atoms. The minimum absolute atomic E-state index is 0.343. The van der Waals surface area contributed by atoms with Crippen molar-refractivity contribution in [3.63, 3.8) is 0 Å². The summed E-state index contributed by atoms with van der Waals surface area (Å²) in [5.41, 5.74) is 1.74. The highest BCUT2D eigenvalue weighted by molar-refractivity contribution is 6.31. The SMILES string of the molecule is OC(Cc1ccc(Cl)cc1)Cc1ccc(F)cc1Cl. The van der Waals surface area contributed by atoms with Crippen LogP contribution in [0.2, 0.25) is 10.0 Å². The largest absolute Gasteiger partial charge is 0.392 e. The number of hydrogen-bond acceptors (Lipinski definition) is 1. The van der Waals surface area contributed by atoms with Crippen molar-refractivity contribution >= 4 is 23.2 Å². The number of aliphatic hydroxyl groups is 1. The first-order chi connectivity index (χ1) is 9.04. The van der Waals surface area contributed by atoms with E-state index in [1.54, 1.807) is 18.2 Å². The fourth-order valence-electron chi connectivity index (χ4n) is 1.91. The molecule has 0 amide bonds. The average Bonchev–Trinajstić information content (AvgIpc) is 2.36. The predicted molar refractivity (Wildman–Crippen MR) is 76.3 cm³/mol. The minimum Gasteiger partial charge on any atom is -0.392 e. The van der Waals surface area contributed by atoms with Crippen molar-refractivity contribution in [1.29, 1.82) is 0 Å². The monoisotopic (exact) mass is 298 g/mol. The molecule has 0 aliphatic rings. The summed E-state index contributed by atoms with van der Waals surface area (Å²) in [6.07, 6.45) is 0.330. The molecule has 0 radical (unpaired) electrons. The van der Waals surface area contributed by atoms with Crippen LogP contribution in [-0.2, 0) is 12.8 Å². The maximum absolute atomic E-state index is 12.9. The van der Waals surface area contributed by atoms with E-state index < -0.39 is 6.10 Å². The highest BCUT2D eigenvalue weighted by Crippen LogP contribution is 2.20. The fourth-order valence-corrected chi connectivity index (χ4v) is 2.28. The van der Waals surface area contributed by atoms with Crippen molar-refractivity contribution in [2.75, 3.05) is 0 Å². The molecule has 19 heavy (non-hydrogen) atoms. The van der Waals surface area contributed by atoms with Crippen molar-refractivity contribution < 1.29 is 9.50 Å². The van der Waals surface area contributed by atoms with Gasteiger partial charge < -0.3 is 5.11 Å². The van der Waals surface area contributed by atoms with Crippen LogP contribution in [0.5, 0.6) is 0 Å². The Morgan fingerprint density at radius 3 is 2.32 bits per heavy atom. The van der Waals surface area contributed by atoms with Crippen molar-refractivity contribution in [2.24, 2.45) is 0 Å². The minimum atomic E-state index is -0.566. The summed E-state index contributed by atoms with van der Waals surface area (Å²) in [5.74, 6) is -0.374. The number of halogens is 3. The van der Waals surface area contributed by atoms with Crippen LogP contribution in [0.15, 0.2) is 42.5 Å². The Balaban J connectivity index is 2.01. The van der Waals surface area contributed by atoms with E-state index in [1.165, 1.54) is 12.1 Å². The van der Waals surface area contributed by atoms with E-state index in [1.807, 2.05) is 12.1 Å². The molecule has 0 saturated heterocycles. The first kappa shape index (κ1) is 14.3. The smallest absolute Gasteiger partial charge is 0.124 e. The molecule has 1 N–H and O–H groups in total. The normalized spacial score (nSPS) is 12.4. The standard InChI is InChI=1S/C15H13Cl2FO/c16-12-4-1-10(2-5-12)7-14(19)8-11-3-6-13(18)9-15(11)17/h1-6,9,14,19H,7-8H2. The van der Waals surface area contributed by atoms with Gasteiger partial charge >= 0.3 is 0 Å². The zero-order valence-corrected chi connectivity index (χ0v) is 11.6. The molecular formula is C15H13Cl2FO. The van der Waals surface area contributed by atoms with Gasteiger partial charge in [-0.1, -0.05) is 41.4 Å². The topological polar surface area (TPSA) is 20.2 Å². The molecule has 0 aliphatic heterocycles. The molecule has 4 heteroatoms. The van der Waals surface area contributed by atoms with Crippen LogP contribution in [0.3, 0.4) is 0 Å². The summed E-state index contributed by atoms with van der Waals surface area (Å²) in [6, 6.07) is 11.5. The lowest BCUT2D eigenvalue weighted by molar-refractivity contribution is 0.175. The first-order valence-electron chi connectivity index (χ1n) is 5.91. The van der Waals surface area contributed by atoms with Crippen molar-refractivity contribution in [3.8, 4) is 0 Å². The quantitative estimate of drug-likeness (QED) is 0.893. The number of hydrogen-bond donors (Lipinski definition) is 1. The zero-order chi connectivity index (χ0) is 13.8. The summed E-state index contributed by atoms with van der Waals surface area (Å²) >= 11 is 11.7. The third-order valence-corrected chi connectivity index (χ3v) is 3.46. The third-order valence-electron chi connectivity index (χ3n) is 2.86. The Kier molecular flexibility index (Phi) is 4.81. The summed E-state index contributed by atoms with van der Waals surface area (Å²) in [5, 5.41) is 11.0. The molecule has 0 heterocycles. The molecule has 0 fully saturated rings. The Morgan fingerprint density at radius 1 is 1.00 bits per heavy atom. The van der Waals surface area contributed by atoms with Gasteiger partial charge in [0.2, 0.25) is 0 Å². The first-order valence-corrected chi connectivity index (χ1v) is 6.66. The number of aliphatic hydroxyl groups excluding tert-OH is 1. The van der Waals surface area contributed by atoms with E-state index in [4.69, 9.17) is 23.2 Å². The third kappa shape index (κ3) is 4.20. The van der Waals surface area contributed by atoms with Crippen LogP contribution in [0, 0.1) is 5.82 Å². The lowest BCUT2D eigenvalue weighted by atomic mass is 10.0. The van der Waals surface area contributed by atoms with Gasteiger partial charge in [0.1, 0.15) is 5.82 Å². The molecule has 1 atom stereocenters. The van der Waals surface area contributed by atoms with Gasteiger partial charge in [-0.3, -0.25) is 0 Å². The van der Waals surface area contributed by atoms with Crippen molar-refractivity contribution in [3.05, 3.63) is 69.5 Å². The lowest BCUT2D eigenvalue weighted by Gasteiger charge is -2.12. The van der Waals surface area contributed by atoms with E-state index >= 15 is 0 Å². The highest BCUT2D eigenvalue weighted by Gasteiger charge is 2.10. The van der Waals surface area contributed by atoms with Crippen LogP contribution < -0.4 is 0 Å². The Hall–Kier alpha value is -1.09. The van der Waals surface area contributed by atoms with Gasteiger partial charge in [0.15, 0.2) is 0 Å². The highest BCUT2D eigenvalue weighted by atomic mass is 35.5. The molecule has 0 spiro atoms. The van der Waals surface area contributed by atoms with Crippen LogP contribution in [0.1, 0.15) is 11.1 Å². The van der Waals surface area contributed by atoms with E-state index in [0.29, 0.717) is 22.9 Å². The van der Waals surface area contributed by atoms with Crippen LogP contribution in [-0.4, -0.2) is 11.2 Å². The van der Waals surface area contributed by atoms with Gasteiger partial charge in [-0.05, 0) is 41.8 Å². The summed E-state index contributed by atoms with van der Waals surface area (Å²) in [7, 11) is 0. The molecule has 0 aliphatic carbocycles. The second-order valence-corrected chi connectivity index (χ2v) is 5.27. The fraction of sp³-hybridized carbons (Fsp3) is 0.200. The van der Waals surface area contributed by atoms with E-state index in [9.17, 15) is 9.50 Å². The van der Waals surface area contributed by atoms with E-state index in [2.05, 4.69) is 0 Å². The van der Waals surface area contributed by atoms with Crippen LogP contribution in [0.25, 0.3) is 0 Å². The van der Waals surface area contributed by atoms with Crippen molar-refractivity contribution in [2.45, 2.75) is 18.9 Å². The molecule has 2 rings (SSSR count). The molecule has 0 saturated carbocycles. The molecule has 1 unspecified atom stereocenters. The number of rotatable bonds is 4. The number of benzene rings is 2.